The molecule has 0 atom stereocenters. The van der Waals surface area contributed by atoms with Crippen LogP contribution in [-0.4, -0.2) is 29.0 Å². The number of aromatic nitrogens is 2. The predicted octanol–water partition coefficient (Wildman–Crippen LogP) is 6.32. The Morgan fingerprint density at radius 3 is 2.63 bits per heavy atom. The number of nitrogens with zero attached hydrogens (tertiary/aromatic N) is 4. The number of furan rings is 2. The van der Waals surface area contributed by atoms with E-state index in [1.165, 1.54) is 17.5 Å². The number of para-hydroxylation sites is 1. The Hall–Kier alpha value is -3.84. The Morgan fingerprint density at radius 1 is 0.943 bits per heavy atom. The highest BCUT2D eigenvalue weighted by Gasteiger charge is 2.17. The van der Waals surface area contributed by atoms with Crippen LogP contribution in [0, 0.1) is 0 Å². The minimum absolute atomic E-state index is 0.292. The molecule has 8 heteroatoms. The molecule has 2 aromatic carbocycles. The summed E-state index contributed by atoms with van der Waals surface area (Å²) in [5.74, 6) is 2.11. The monoisotopic (exact) mass is 486 g/mol. The minimum Gasteiger partial charge on any atom is -0.453 e. The van der Waals surface area contributed by atoms with Gasteiger partial charge >= 0.3 is 0 Å². The second-order valence-corrected chi connectivity index (χ2v) is 9.12. The minimum atomic E-state index is -0.292. The van der Waals surface area contributed by atoms with Crippen molar-refractivity contribution in [2.24, 2.45) is 5.10 Å². The molecule has 176 valence electrons. The maximum Gasteiger partial charge on any atom is 0.282 e. The molecule has 1 fully saturated rings. The van der Waals surface area contributed by atoms with Crippen LogP contribution in [0.4, 0.5) is 5.88 Å². The van der Waals surface area contributed by atoms with Crippen LogP contribution in [0.2, 0.25) is 5.02 Å². The molecule has 5 aromatic rings. The first-order valence-electron chi connectivity index (χ1n) is 11.8. The lowest BCUT2D eigenvalue weighted by atomic mass is 10.2. The van der Waals surface area contributed by atoms with Crippen molar-refractivity contribution in [2.45, 2.75) is 25.7 Å². The number of halogens is 1. The summed E-state index contributed by atoms with van der Waals surface area (Å²) in [6.45, 7) is 1.97. The van der Waals surface area contributed by atoms with Crippen LogP contribution in [0.25, 0.3) is 33.5 Å². The molecule has 35 heavy (non-hydrogen) atoms. The van der Waals surface area contributed by atoms with Gasteiger partial charge in [-0.2, -0.15) is 9.78 Å². The van der Waals surface area contributed by atoms with Crippen LogP contribution in [0.15, 0.2) is 79.4 Å². The second kappa shape index (κ2) is 9.07. The van der Waals surface area contributed by atoms with Crippen molar-refractivity contribution in [3.05, 3.63) is 81.8 Å². The molecule has 0 spiro atoms. The van der Waals surface area contributed by atoms with Crippen LogP contribution < -0.4 is 10.5 Å². The first kappa shape index (κ1) is 21.7. The van der Waals surface area contributed by atoms with Gasteiger partial charge in [-0.1, -0.05) is 36.6 Å². The quantitative estimate of drug-likeness (QED) is 0.278. The van der Waals surface area contributed by atoms with Crippen molar-refractivity contribution < 1.29 is 8.83 Å². The first-order valence-corrected chi connectivity index (χ1v) is 12.1. The summed E-state index contributed by atoms with van der Waals surface area (Å²) >= 11 is 6.14. The lowest BCUT2D eigenvalue weighted by Crippen LogP contribution is -2.23. The SMILES string of the molecule is O=c1c2ccccc2nc(-c2cc3cc(Cl)ccc3o2)n1N=Cc1ccc(N2CCCCCC2)o1. The van der Waals surface area contributed by atoms with Crippen molar-refractivity contribution in [3.8, 4) is 11.6 Å². The van der Waals surface area contributed by atoms with Crippen LogP contribution >= 0.6 is 11.6 Å². The largest absolute Gasteiger partial charge is 0.453 e. The smallest absolute Gasteiger partial charge is 0.282 e. The summed E-state index contributed by atoms with van der Waals surface area (Å²) in [5.41, 5.74) is 0.925. The molecule has 0 radical (unpaired) electrons. The number of hydrogen-bond acceptors (Lipinski definition) is 6. The lowest BCUT2D eigenvalue weighted by Gasteiger charge is -2.18. The van der Waals surface area contributed by atoms with E-state index in [-0.39, 0.29) is 5.56 Å². The van der Waals surface area contributed by atoms with Crippen molar-refractivity contribution in [1.29, 1.82) is 0 Å². The molecule has 6 rings (SSSR count). The van der Waals surface area contributed by atoms with E-state index in [2.05, 4.69) is 10.0 Å². The third-order valence-corrected chi connectivity index (χ3v) is 6.52. The van der Waals surface area contributed by atoms with E-state index in [0.29, 0.717) is 38.9 Å². The van der Waals surface area contributed by atoms with Gasteiger partial charge in [0.1, 0.15) is 11.3 Å². The summed E-state index contributed by atoms with van der Waals surface area (Å²) in [6.07, 6.45) is 6.37. The van der Waals surface area contributed by atoms with E-state index >= 15 is 0 Å². The number of benzene rings is 2. The average molecular weight is 487 g/mol. The summed E-state index contributed by atoms with van der Waals surface area (Å²) in [6, 6.07) is 18.2. The molecule has 0 amide bonds. The predicted molar refractivity (Wildman–Crippen MR) is 139 cm³/mol. The first-order chi connectivity index (χ1) is 17.2. The van der Waals surface area contributed by atoms with Gasteiger partial charge in [-0.05, 0) is 55.3 Å². The van der Waals surface area contributed by atoms with E-state index in [0.717, 1.165) is 37.2 Å². The Morgan fingerprint density at radius 2 is 1.77 bits per heavy atom. The Kier molecular flexibility index (Phi) is 5.62. The molecule has 1 saturated heterocycles. The zero-order valence-corrected chi connectivity index (χ0v) is 19.7. The van der Waals surface area contributed by atoms with Crippen molar-refractivity contribution in [2.75, 3.05) is 18.0 Å². The van der Waals surface area contributed by atoms with Gasteiger partial charge in [-0.15, -0.1) is 0 Å². The molecule has 4 heterocycles. The highest BCUT2D eigenvalue weighted by Crippen LogP contribution is 2.29. The van der Waals surface area contributed by atoms with Crippen molar-refractivity contribution in [3.63, 3.8) is 0 Å². The molecule has 3 aromatic heterocycles. The molecular formula is C27H23ClN4O3. The van der Waals surface area contributed by atoms with E-state index < -0.39 is 0 Å². The Bertz CT molecular complexity index is 1610. The van der Waals surface area contributed by atoms with E-state index in [1.54, 1.807) is 30.5 Å². The van der Waals surface area contributed by atoms with Gasteiger partial charge in [0.05, 0.1) is 17.1 Å². The highest BCUT2D eigenvalue weighted by molar-refractivity contribution is 6.31. The standard InChI is InChI=1S/C27H23ClN4O3/c28-19-9-11-23-18(15-19)16-24(35-23)26-30-22-8-4-3-7-21(22)27(33)32(26)29-17-20-10-12-25(34-20)31-13-5-1-2-6-14-31/h3-4,7-12,15-17H,1-2,5-6,13-14H2. The molecule has 1 aliphatic rings. The zero-order valence-electron chi connectivity index (χ0n) is 19.0. The Balaban J connectivity index is 1.43. The summed E-state index contributed by atoms with van der Waals surface area (Å²) in [5, 5.41) is 6.37. The number of fused-ring (bicyclic) bond motifs is 2. The summed E-state index contributed by atoms with van der Waals surface area (Å²) in [7, 11) is 0. The van der Waals surface area contributed by atoms with Crippen LogP contribution in [-0.2, 0) is 0 Å². The molecular weight excluding hydrogens is 464 g/mol. The molecule has 0 aliphatic carbocycles. The third kappa shape index (κ3) is 4.23. The van der Waals surface area contributed by atoms with Crippen LogP contribution in [0.5, 0.6) is 0 Å². The van der Waals surface area contributed by atoms with Gasteiger partial charge < -0.3 is 13.7 Å². The van der Waals surface area contributed by atoms with Gasteiger partial charge in [0.15, 0.2) is 11.6 Å². The number of rotatable bonds is 4. The Labute approximate surface area is 206 Å². The molecule has 0 bridgehead atoms. The van der Waals surface area contributed by atoms with E-state index in [9.17, 15) is 4.79 Å². The van der Waals surface area contributed by atoms with Gasteiger partial charge in [0, 0.05) is 29.6 Å². The fraction of sp³-hybridized carbons (Fsp3) is 0.222. The topological polar surface area (TPSA) is 76.8 Å². The van der Waals surface area contributed by atoms with E-state index in [4.69, 9.17) is 25.4 Å². The lowest BCUT2D eigenvalue weighted by molar-refractivity contribution is 0.537. The molecule has 7 nitrogen and oxygen atoms in total. The molecule has 1 aliphatic heterocycles. The van der Waals surface area contributed by atoms with E-state index in [1.807, 2.05) is 36.4 Å². The number of anilines is 1. The zero-order chi connectivity index (χ0) is 23.8. The van der Waals surface area contributed by atoms with Gasteiger partial charge in [-0.3, -0.25) is 4.79 Å². The summed E-state index contributed by atoms with van der Waals surface area (Å²) in [4.78, 5) is 20.4. The maximum absolute atomic E-state index is 13.4. The second-order valence-electron chi connectivity index (χ2n) is 8.68. The maximum atomic E-state index is 13.4. The molecule has 0 N–H and O–H groups in total. The average Bonchev–Trinajstić information content (AvgIpc) is 3.42. The highest BCUT2D eigenvalue weighted by atomic mass is 35.5. The molecule has 0 saturated carbocycles. The fourth-order valence-electron chi connectivity index (χ4n) is 4.50. The summed E-state index contributed by atoms with van der Waals surface area (Å²) < 4.78 is 13.3. The van der Waals surface area contributed by atoms with Crippen LogP contribution in [0.3, 0.4) is 0 Å². The molecule has 0 unspecified atom stereocenters. The van der Waals surface area contributed by atoms with Gasteiger partial charge in [0.25, 0.3) is 5.56 Å². The van der Waals surface area contributed by atoms with Crippen molar-refractivity contribution in [1.82, 2.24) is 9.66 Å². The van der Waals surface area contributed by atoms with Gasteiger partial charge in [-0.25, -0.2) is 4.98 Å². The fourth-order valence-corrected chi connectivity index (χ4v) is 4.68. The van der Waals surface area contributed by atoms with Gasteiger partial charge in [0.2, 0.25) is 5.82 Å². The third-order valence-electron chi connectivity index (χ3n) is 6.28. The normalized spacial score (nSPS) is 14.8. The van der Waals surface area contributed by atoms with Crippen LogP contribution in [0.1, 0.15) is 31.4 Å². The number of hydrogen-bond donors (Lipinski definition) is 0. The van der Waals surface area contributed by atoms with Crippen molar-refractivity contribution >= 4 is 45.6 Å².